The van der Waals surface area contributed by atoms with E-state index in [1.807, 2.05) is 0 Å². The number of rotatable bonds is 5. The van der Waals surface area contributed by atoms with Gasteiger partial charge in [-0.2, -0.15) is 26.3 Å². The zero-order valence-electron chi connectivity index (χ0n) is 12.4. The monoisotopic (exact) mass is 375 g/mol. The Labute approximate surface area is 137 Å². The van der Waals surface area contributed by atoms with Crippen molar-refractivity contribution < 1.29 is 45.1 Å². The predicted molar refractivity (Wildman–Crippen MR) is 68.4 cm³/mol. The lowest BCUT2D eigenvalue weighted by Crippen LogP contribution is -2.52. The first-order valence-corrected chi connectivity index (χ1v) is 6.93. The van der Waals surface area contributed by atoms with Gasteiger partial charge in [0.05, 0.1) is 6.10 Å². The van der Waals surface area contributed by atoms with Gasteiger partial charge in [-0.25, -0.2) is 9.18 Å². The number of ether oxygens (including phenoxy) is 1. The highest BCUT2D eigenvalue weighted by Crippen LogP contribution is 2.35. The van der Waals surface area contributed by atoms with E-state index in [1.165, 1.54) is 12.1 Å². The summed E-state index contributed by atoms with van der Waals surface area (Å²) >= 11 is 0. The molecular formula is C14H12F7NO3. The zero-order valence-corrected chi connectivity index (χ0v) is 12.4. The van der Waals surface area contributed by atoms with Crippen LogP contribution in [0.1, 0.15) is 11.7 Å². The summed E-state index contributed by atoms with van der Waals surface area (Å²) < 4.78 is 91.2. The van der Waals surface area contributed by atoms with E-state index in [9.17, 15) is 35.5 Å². The number of hydrogen-bond donors (Lipinski definition) is 0. The highest BCUT2D eigenvalue weighted by molar-refractivity contribution is 5.75. The van der Waals surface area contributed by atoms with Crippen molar-refractivity contribution in [2.75, 3.05) is 19.7 Å². The first-order chi connectivity index (χ1) is 11.5. The molecule has 1 saturated heterocycles. The maximum atomic E-state index is 12.9. The summed E-state index contributed by atoms with van der Waals surface area (Å²) in [5, 5.41) is 0.675. The van der Waals surface area contributed by atoms with Crippen molar-refractivity contribution in [1.29, 1.82) is 0 Å². The SMILES string of the molecule is O=C(ON1CC(C(OCC(F)(F)F)c2ccc(F)cc2)C1)C(F)(F)F. The van der Waals surface area contributed by atoms with Gasteiger partial charge in [0.25, 0.3) is 0 Å². The molecule has 1 aliphatic rings. The second-order valence-electron chi connectivity index (χ2n) is 5.38. The van der Waals surface area contributed by atoms with Crippen molar-refractivity contribution in [3.8, 4) is 0 Å². The summed E-state index contributed by atoms with van der Waals surface area (Å²) in [5.41, 5.74) is 0.234. The molecule has 4 nitrogen and oxygen atoms in total. The normalized spacial score (nSPS) is 17.9. The second kappa shape index (κ2) is 7.16. The fourth-order valence-corrected chi connectivity index (χ4v) is 2.25. The summed E-state index contributed by atoms with van der Waals surface area (Å²) in [4.78, 5) is 14.8. The van der Waals surface area contributed by atoms with Crippen LogP contribution in [-0.2, 0) is 14.4 Å². The minimum Gasteiger partial charge on any atom is -0.364 e. The maximum Gasteiger partial charge on any atom is 0.492 e. The Bertz CT molecular complexity index is 594. The first-order valence-electron chi connectivity index (χ1n) is 6.93. The quantitative estimate of drug-likeness (QED) is 0.740. The number of hydroxylamine groups is 2. The van der Waals surface area contributed by atoms with Gasteiger partial charge in [0, 0.05) is 19.0 Å². The lowest BCUT2D eigenvalue weighted by Gasteiger charge is -2.41. The minimum atomic E-state index is -5.17. The Hall–Kier alpha value is -1.88. The minimum absolute atomic E-state index is 0.234. The highest BCUT2D eigenvalue weighted by atomic mass is 19.4. The number of nitrogens with zero attached hydrogens (tertiary/aromatic N) is 1. The third kappa shape index (κ3) is 5.56. The molecule has 0 spiro atoms. The summed E-state index contributed by atoms with van der Waals surface area (Å²) in [6, 6.07) is 4.50. The average molecular weight is 375 g/mol. The number of carbonyl (C=O) groups is 1. The van der Waals surface area contributed by atoms with Crippen LogP contribution in [-0.4, -0.2) is 43.1 Å². The molecule has 0 saturated carbocycles. The molecule has 1 fully saturated rings. The van der Waals surface area contributed by atoms with E-state index in [0.29, 0.717) is 5.06 Å². The van der Waals surface area contributed by atoms with Gasteiger partial charge in [-0.05, 0) is 17.7 Å². The Morgan fingerprint density at radius 1 is 1.12 bits per heavy atom. The van der Waals surface area contributed by atoms with Crippen molar-refractivity contribution in [3.05, 3.63) is 35.6 Å². The predicted octanol–water partition coefficient (Wildman–Crippen LogP) is 3.40. The number of carbonyl (C=O) groups excluding carboxylic acids is 1. The number of alkyl halides is 6. The number of halogens is 7. The third-order valence-corrected chi connectivity index (χ3v) is 3.37. The Balaban J connectivity index is 2.00. The molecule has 0 amide bonds. The van der Waals surface area contributed by atoms with Gasteiger partial charge in [-0.1, -0.05) is 12.1 Å². The molecule has 11 heteroatoms. The Morgan fingerprint density at radius 3 is 2.16 bits per heavy atom. The van der Waals surface area contributed by atoms with E-state index in [0.717, 1.165) is 12.1 Å². The molecule has 1 aromatic carbocycles. The molecule has 1 heterocycles. The van der Waals surface area contributed by atoms with Crippen LogP contribution in [0.3, 0.4) is 0 Å². The summed E-state index contributed by atoms with van der Waals surface area (Å²) in [6.07, 6.45) is -10.9. The molecule has 0 bridgehead atoms. The third-order valence-electron chi connectivity index (χ3n) is 3.37. The van der Waals surface area contributed by atoms with Gasteiger partial charge in [-0.15, -0.1) is 5.06 Å². The zero-order chi connectivity index (χ0) is 18.8. The van der Waals surface area contributed by atoms with Crippen molar-refractivity contribution in [3.63, 3.8) is 0 Å². The standard InChI is InChI=1S/C14H12F7NO3/c15-10-3-1-8(2-4-10)11(24-7-13(16,17)18)9-5-22(6-9)25-12(23)14(19,20)21/h1-4,9,11H,5-7H2. The van der Waals surface area contributed by atoms with E-state index in [2.05, 4.69) is 4.84 Å². The summed E-state index contributed by atoms with van der Waals surface area (Å²) in [5.74, 6) is -3.68. The molecule has 1 unspecified atom stereocenters. The van der Waals surface area contributed by atoms with Crippen LogP contribution in [0, 0.1) is 11.7 Å². The molecule has 1 aliphatic heterocycles. The van der Waals surface area contributed by atoms with Gasteiger partial charge in [0.15, 0.2) is 0 Å². The highest BCUT2D eigenvalue weighted by Gasteiger charge is 2.46. The lowest BCUT2D eigenvalue weighted by molar-refractivity contribution is -0.269. The molecule has 140 valence electrons. The van der Waals surface area contributed by atoms with E-state index in [4.69, 9.17) is 4.74 Å². The Morgan fingerprint density at radius 2 is 1.68 bits per heavy atom. The van der Waals surface area contributed by atoms with E-state index in [-0.39, 0.29) is 18.7 Å². The van der Waals surface area contributed by atoms with Gasteiger partial charge in [0.1, 0.15) is 12.4 Å². The second-order valence-corrected chi connectivity index (χ2v) is 5.38. The smallest absolute Gasteiger partial charge is 0.364 e. The lowest BCUT2D eigenvalue weighted by atomic mass is 9.90. The summed E-state index contributed by atoms with van der Waals surface area (Å²) in [6.45, 7) is -2.07. The fraction of sp³-hybridized carbons (Fsp3) is 0.500. The van der Waals surface area contributed by atoms with Crippen molar-refractivity contribution in [2.45, 2.75) is 18.5 Å². The first kappa shape index (κ1) is 19.4. The molecule has 0 aliphatic carbocycles. The van der Waals surface area contributed by atoms with Gasteiger partial charge >= 0.3 is 18.3 Å². The van der Waals surface area contributed by atoms with Crippen LogP contribution in [0.15, 0.2) is 24.3 Å². The van der Waals surface area contributed by atoms with Crippen LogP contribution in [0.2, 0.25) is 0 Å². The molecule has 1 atom stereocenters. The maximum absolute atomic E-state index is 12.9. The Kier molecular flexibility index (Phi) is 5.57. The van der Waals surface area contributed by atoms with Gasteiger partial charge in [-0.3, -0.25) is 0 Å². The van der Waals surface area contributed by atoms with E-state index in [1.54, 1.807) is 0 Å². The molecular weight excluding hydrogens is 363 g/mol. The van der Waals surface area contributed by atoms with Crippen LogP contribution < -0.4 is 0 Å². The van der Waals surface area contributed by atoms with Crippen molar-refractivity contribution >= 4 is 5.97 Å². The van der Waals surface area contributed by atoms with Crippen molar-refractivity contribution in [1.82, 2.24) is 5.06 Å². The van der Waals surface area contributed by atoms with Gasteiger partial charge in [0.2, 0.25) is 0 Å². The molecule has 0 aromatic heterocycles. The largest absolute Gasteiger partial charge is 0.492 e. The molecule has 1 aromatic rings. The van der Waals surface area contributed by atoms with Crippen molar-refractivity contribution in [2.24, 2.45) is 5.92 Å². The molecule has 25 heavy (non-hydrogen) atoms. The van der Waals surface area contributed by atoms with E-state index >= 15 is 0 Å². The molecule has 2 rings (SSSR count). The van der Waals surface area contributed by atoms with Gasteiger partial charge < -0.3 is 9.57 Å². The van der Waals surface area contributed by atoms with Crippen LogP contribution in [0.5, 0.6) is 0 Å². The van der Waals surface area contributed by atoms with Crippen LogP contribution in [0.4, 0.5) is 30.7 Å². The number of benzene rings is 1. The fourth-order valence-electron chi connectivity index (χ4n) is 2.25. The van der Waals surface area contributed by atoms with Crippen LogP contribution >= 0.6 is 0 Å². The molecule has 0 radical (unpaired) electrons. The van der Waals surface area contributed by atoms with Crippen LogP contribution in [0.25, 0.3) is 0 Å². The summed E-state index contributed by atoms with van der Waals surface area (Å²) in [7, 11) is 0. The number of hydrogen-bond acceptors (Lipinski definition) is 4. The topological polar surface area (TPSA) is 38.8 Å². The molecule has 0 N–H and O–H groups in total. The average Bonchev–Trinajstić information content (AvgIpc) is 2.43. The van der Waals surface area contributed by atoms with E-state index < -0.39 is 42.8 Å².